The number of aliphatic hydroxyl groups is 1. The van der Waals surface area contributed by atoms with Crippen LogP contribution in [0.2, 0.25) is 0 Å². The monoisotopic (exact) mass is 226 g/mol. The van der Waals surface area contributed by atoms with Gasteiger partial charge in [-0.25, -0.2) is 4.98 Å². The van der Waals surface area contributed by atoms with Gasteiger partial charge in [0.15, 0.2) is 0 Å². The van der Waals surface area contributed by atoms with Crippen LogP contribution in [0.1, 0.15) is 17.7 Å². The van der Waals surface area contributed by atoms with E-state index in [2.05, 4.69) is 4.98 Å². The van der Waals surface area contributed by atoms with E-state index in [0.29, 0.717) is 23.9 Å². The molecule has 0 saturated carbocycles. The van der Waals surface area contributed by atoms with Crippen molar-refractivity contribution in [3.8, 4) is 5.88 Å². The molecule has 3 N–H and O–H groups in total. The lowest BCUT2D eigenvalue weighted by atomic mass is 10.2. The first-order chi connectivity index (χ1) is 7.13. The Balaban J connectivity index is 2.75. The van der Waals surface area contributed by atoms with Crippen LogP contribution in [0, 0.1) is 6.92 Å². The Kier molecular flexibility index (Phi) is 4.45. The number of nitrogens with zero attached hydrogens (tertiary/aromatic N) is 1. The summed E-state index contributed by atoms with van der Waals surface area (Å²) in [4.78, 5) is 4.50. The normalized spacial score (nSPS) is 10.0. The molecule has 1 heterocycles. The highest BCUT2D eigenvalue weighted by molar-refractivity contribution is 7.80. The number of thiocarbonyl (C=S) groups is 1. The van der Waals surface area contributed by atoms with Crippen LogP contribution in [0.15, 0.2) is 12.1 Å². The molecular formula is C10H14N2O2S. The van der Waals surface area contributed by atoms with Crippen LogP contribution in [-0.4, -0.2) is 28.3 Å². The van der Waals surface area contributed by atoms with E-state index in [1.165, 1.54) is 0 Å². The predicted molar refractivity (Wildman–Crippen MR) is 62.1 cm³/mol. The fourth-order valence-electron chi connectivity index (χ4n) is 1.10. The van der Waals surface area contributed by atoms with Crippen LogP contribution in [0.3, 0.4) is 0 Å². The highest BCUT2D eigenvalue weighted by Crippen LogP contribution is 2.12. The molecule has 0 aliphatic carbocycles. The summed E-state index contributed by atoms with van der Waals surface area (Å²) in [7, 11) is 0. The molecule has 1 aromatic rings. The van der Waals surface area contributed by atoms with Gasteiger partial charge in [-0.1, -0.05) is 12.2 Å². The van der Waals surface area contributed by atoms with E-state index in [1.807, 2.05) is 6.92 Å². The predicted octanol–water partition coefficient (Wildman–Crippen LogP) is 0.785. The first-order valence-corrected chi connectivity index (χ1v) is 5.06. The molecular weight excluding hydrogens is 212 g/mol. The third-order valence-corrected chi connectivity index (χ3v) is 2.00. The maximum Gasteiger partial charge on any atom is 0.214 e. The lowest BCUT2D eigenvalue weighted by Gasteiger charge is -2.07. The van der Waals surface area contributed by atoms with Gasteiger partial charge >= 0.3 is 0 Å². The summed E-state index contributed by atoms with van der Waals surface area (Å²) in [5.74, 6) is 0.492. The second-order valence-corrected chi connectivity index (χ2v) is 3.57. The second-order valence-electron chi connectivity index (χ2n) is 3.13. The molecule has 1 rings (SSSR count). The highest BCUT2D eigenvalue weighted by atomic mass is 32.1. The maximum absolute atomic E-state index is 8.60. The van der Waals surface area contributed by atoms with Crippen molar-refractivity contribution in [3.05, 3.63) is 23.4 Å². The Bertz CT molecular complexity index is 355. The van der Waals surface area contributed by atoms with Crippen LogP contribution in [0.4, 0.5) is 0 Å². The van der Waals surface area contributed by atoms with Crippen molar-refractivity contribution in [2.45, 2.75) is 13.3 Å². The Morgan fingerprint density at radius 1 is 1.60 bits per heavy atom. The van der Waals surface area contributed by atoms with Gasteiger partial charge in [0.2, 0.25) is 5.88 Å². The van der Waals surface area contributed by atoms with E-state index >= 15 is 0 Å². The molecule has 0 atom stereocenters. The topological polar surface area (TPSA) is 68.4 Å². The zero-order valence-electron chi connectivity index (χ0n) is 8.56. The molecule has 82 valence electrons. The van der Waals surface area contributed by atoms with Gasteiger partial charge in [0.25, 0.3) is 0 Å². The van der Waals surface area contributed by atoms with E-state index < -0.39 is 0 Å². The number of ether oxygens (including phenoxy) is 1. The molecule has 0 aliphatic heterocycles. The Labute approximate surface area is 94.1 Å². The van der Waals surface area contributed by atoms with Crippen LogP contribution >= 0.6 is 12.2 Å². The minimum Gasteiger partial charge on any atom is -0.478 e. The van der Waals surface area contributed by atoms with Crippen molar-refractivity contribution in [1.82, 2.24) is 4.98 Å². The molecule has 0 amide bonds. The molecule has 5 heteroatoms. The van der Waals surface area contributed by atoms with Crippen LogP contribution < -0.4 is 10.5 Å². The Morgan fingerprint density at radius 3 is 2.93 bits per heavy atom. The van der Waals surface area contributed by atoms with Gasteiger partial charge in [-0.15, -0.1) is 0 Å². The molecule has 0 spiro atoms. The van der Waals surface area contributed by atoms with Crippen LogP contribution in [-0.2, 0) is 0 Å². The number of aromatic nitrogens is 1. The summed E-state index contributed by atoms with van der Waals surface area (Å²) < 4.78 is 5.33. The molecule has 4 nitrogen and oxygen atoms in total. The van der Waals surface area contributed by atoms with Gasteiger partial charge < -0.3 is 15.6 Å². The van der Waals surface area contributed by atoms with Crippen molar-refractivity contribution in [2.75, 3.05) is 13.2 Å². The second kappa shape index (κ2) is 5.63. The lowest BCUT2D eigenvalue weighted by molar-refractivity contribution is 0.229. The first kappa shape index (κ1) is 11.9. The molecule has 15 heavy (non-hydrogen) atoms. The molecule has 0 aromatic carbocycles. The minimum absolute atomic E-state index is 0.105. The quantitative estimate of drug-likeness (QED) is 0.574. The van der Waals surface area contributed by atoms with E-state index in [1.54, 1.807) is 12.1 Å². The third-order valence-electron chi connectivity index (χ3n) is 1.77. The van der Waals surface area contributed by atoms with Gasteiger partial charge in [0, 0.05) is 30.4 Å². The molecule has 0 unspecified atom stereocenters. The Hall–Kier alpha value is -1.20. The van der Waals surface area contributed by atoms with E-state index in [0.717, 1.165) is 11.3 Å². The SMILES string of the molecule is Cc1cc(C(N)=S)cc(OCCCO)n1. The number of aryl methyl sites for hydroxylation is 1. The summed E-state index contributed by atoms with van der Waals surface area (Å²) in [6, 6.07) is 3.51. The number of hydrogen-bond acceptors (Lipinski definition) is 4. The van der Waals surface area contributed by atoms with E-state index in [4.69, 9.17) is 27.8 Å². The number of rotatable bonds is 5. The van der Waals surface area contributed by atoms with Gasteiger partial charge in [-0.05, 0) is 13.0 Å². The lowest BCUT2D eigenvalue weighted by Crippen LogP contribution is -2.11. The standard InChI is InChI=1S/C10H14N2O2S/c1-7-5-8(10(11)15)6-9(12-7)14-4-2-3-13/h5-6,13H,2-4H2,1H3,(H2,11,15). The van der Waals surface area contributed by atoms with Gasteiger partial charge in [-0.2, -0.15) is 0 Å². The molecule has 1 aromatic heterocycles. The zero-order valence-corrected chi connectivity index (χ0v) is 9.38. The minimum atomic E-state index is 0.105. The molecule has 0 saturated heterocycles. The highest BCUT2D eigenvalue weighted by Gasteiger charge is 2.03. The molecule has 0 aliphatic rings. The number of hydrogen-bond donors (Lipinski definition) is 2. The van der Waals surface area contributed by atoms with Crippen molar-refractivity contribution >= 4 is 17.2 Å². The molecule has 0 radical (unpaired) electrons. The van der Waals surface area contributed by atoms with E-state index in [9.17, 15) is 0 Å². The number of pyridine rings is 1. The molecule has 0 fully saturated rings. The summed E-state index contributed by atoms with van der Waals surface area (Å²) in [6.07, 6.45) is 0.581. The number of nitrogens with two attached hydrogens (primary N) is 1. The summed E-state index contributed by atoms with van der Waals surface area (Å²) in [5, 5.41) is 8.60. The number of aliphatic hydroxyl groups excluding tert-OH is 1. The smallest absolute Gasteiger partial charge is 0.214 e. The largest absolute Gasteiger partial charge is 0.478 e. The zero-order chi connectivity index (χ0) is 11.3. The van der Waals surface area contributed by atoms with Crippen molar-refractivity contribution < 1.29 is 9.84 Å². The van der Waals surface area contributed by atoms with Gasteiger partial charge in [-0.3, -0.25) is 0 Å². The van der Waals surface area contributed by atoms with Crippen molar-refractivity contribution in [1.29, 1.82) is 0 Å². The average Bonchev–Trinajstić information content (AvgIpc) is 2.17. The third kappa shape index (κ3) is 3.81. The fourth-order valence-corrected chi connectivity index (χ4v) is 1.21. The Morgan fingerprint density at radius 2 is 2.33 bits per heavy atom. The van der Waals surface area contributed by atoms with Crippen LogP contribution in [0.5, 0.6) is 5.88 Å². The van der Waals surface area contributed by atoms with Gasteiger partial charge in [0.1, 0.15) is 4.99 Å². The fraction of sp³-hybridized carbons (Fsp3) is 0.400. The summed E-state index contributed by atoms with van der Waals surface area (Å²) in [6.45, 7) is 2.39. The average molecular weight is 226 g/mol. The van der Waals surface area contributed by atoms with Crippen molar-refractivity contribution in [2.24, 2.45) is 5.73 Å². The van der Waals surface area contributed by atoms with Crippen molar-refractivity contribution in [3.63, 3.8) is 0 Å². The van der Waals surface area contributed by atoms with Crippen LogP contribution in [0.25, 0.3) is 0 Å². The maximum atomic E-state index is 8.60. The molecule has 0 bridgehead atoms. The summed E-state index contributed by atoms with van der Waals surface area (Å²) in [5.41, 5.74) is 7.07. The van der Waals surface area contributed by atoms with E-state index in [-0.39, 0.29) is 6.61 Å². The summed E-state index contributed by atoms with van der Waals surface area (Å²) >= 11 is 4.87. The van der Waals surface area contributed by atoms with Gasteiger partial charge in [0.05, 0.1) is 6.61 Å². The first-order valence-electron chi connectivity index (χ1n) is 4.65.